The summed E-state index contributed by atoms with van der Waals surface area (Å²) >= 11 is 0. The molecule has 0 aromatic carbocycles. The second-order valence-corrected chi connectivity index (χ2v) is 6.07. The fraction of sp³-hybridized carbons (Fsp3) is 0.500. The Morgan fingerprint density at radius 1 is 1.39 bits per heavy atom. The van der Waals surface area contributed by atoms with Gasteiger partial charge in [0.25, 0.3) is 0 Å². The first kappa shape index (κ1) is 16.2. The third-order valence-corrected chi connectivity index (χ3v) is 3.93. The molecule has 4 atom stereocenters. The molecule has 1 fully saturated rings. The van der Waals surface area contributed by atoms with E-state index in [2.05, 4.69) is 19.5 Å². The normalized spacial score (nSPS) is 28.5. The Labute approximate surface area is 128 Å². The topological polar surface area (TPSA) is 186 Å². The van der Waals surface area contributed by atoms with Crippen LogP contribution < -0.4 is 5.73 Å². The zero-order valence-corrected chi connectivity index (χ0v) is 12.4. The minimum Gasteiger partial charge on any atom is -0.394 e. The SMILES string of the molecule is Nc1ncnc2c1ncn2[C@@H]1O[C@H](CO)[C@H](OP(=O)(O)O)[C@@H]1O. The van der Waals surface area contributed by atoms with Crippen molar-refractivity contribution >= 4 is 24.8 Å². The molecular weight excluding hydrogens is 333 g/mol. The maximum Gasteiger partial charge on any atom is 0.470 e. The lowest BCUT2D eigenvalue weighted by Gasteiger charge is -2.19. The van der Waals surface area contributed by atoms with Crippen LogP contribution in [0.4, 0.5) is 5.82 Å². The molecule has 0 unspecified atom stereocenters. The number of rotatable bonds is 4. The molecule has 0 amide bonds. The average Bonchev–Trinajstić information content (AvgIpc) is 3.01. The van der Waals surface area contributed by atoms with E-state index in [0.717, 1.165) is 0 Å². The number of nitrogen functional groups attached to an aromatic ring is 1. The van der Waals surface area contributed by atoms with Crippen molar-refractivity contribution in [3.63, 3.8) is 0 Å². The molecule has 0 saturated carbocycles. The first-order chi connectivity index (χ1) is 10.8. The van der Waals surface area contributed by atoms with E-state index in [1.54, 1.807) is 0 Å². The van der Waals surface area contributed by atoms with Gasteiger partial charge >= 0.3 is 7.82 Å². The van der Waals surface area contributed by atoms with E-state index < -0.39 is 39.0 Å². The third-order valence-electron chi connectivity index (χ3n) is 3.41. The largest absolute Gasteiger partial charge is 0.470 e. The van der Waals surface area contributed by atoms with Gasteiger partial charge in [0.15, 0.2) is 17.7 Å². The van der Waals surface area contributed by atoms with Crippen LogP contribution in [0.1, 0.15) is 6.23 Å². The lowest BCUT2D eigenvalue weighted by atomic mass is 10.1. The van der Waals surface area contributed by atoms with E-state index in [-0.39, 0.29) is 17.0 Å². The van der Waals surface area contributed by atoms with Crippen LogP contribution in [0.25, 0.3) is 11.2 Å². The predicted octanol–water partition coefficient (Wildman–Crippen LogP) is -1.86. The summed E-state index contributed by atoms with van der Waals surface area (Å²) in [5.41, 5.74) is 6.21. The van der Waals surface area contributed by atoms with E-state index in [4.69, 9.17) is 20.3 Å². The molecule has 0 bridgehead atoms. The van der Waals surface area contributed by atoms with E-state index in [1.807, 2.05) is 0 Å². The van der Waals surface area contributed by atoms with Gasteiger partial charge in [0.05, 0.1) is 12.9 Å². The van der Waals surface area contributed by atoms with Gasteiger partial charge in [-0.15, -0.1) is 0 Å². The third kappa shape index (κ3) is 2.93. The maximum atomic E-state index is 11.0. The highest BCUT2D eigenvalue weighted by atomic mass is 31.2. The molecule has 12 nitrogen and oxygen atoms in total. The molecule has 0 radical (unpaired) electrons. The summed E-state index contributed by atoms with van der Waals surface area (Å²) in [6.07, 6.45) is -2.68. The summed E-state index contributed by atoms with van der Waals surface area (Å²) < 4.78 is 22.3. The van der Waals surface area contributed by atoms with Gasteiger partial charge in [-0.3, -0.25) is 9.09 Å². The molecular formula is C10H14N5O7P. The molecule has 2 aromatic heterocycles. The van der Waals surface area contributed by atoms with Crippen molar-refractivity contribution in [1.29, 1.82) is 0 Å². The van der Waals surface area contributed by atoms with Gasteiger partial charge in [0.2, 0.25) is 0 Å². The average molecular weight is 347 g/mol. The van der Waals surface area contributed by atoms with Crippen LogP contribution in [0.5, 0.6) is 0 Å². The van der Waals surface area contributed by atoms with Crippen LogP contribution in [0.2, 0.25) is 0 Å². The lowest BCUT2D eigenvalue weighted by Crippen LogP contribution is -2.35. The standard InChI is InChI=1S/C10H14N5O7P/c11-8-5-9(13-2-12-8)15(3-14-5)10-6(17)7(4(1-16)21-10)22-23(18,19)20/h2-4,6-7,10,16-17H,1H2,(H2,11,12,13)(H2,18,19,20)/t4-,6+,7+,10-/m1/s1. The molecule has 1 saturated heterocycles. The zero-order valence-electron chi connectivity index (χ0n) is 11.5. The number of aromatic nitrogens is 4. The molecule has 0 aliphatic carbocycles. The molecule has 0 spiro atoms. The highest BCUT2D eigenvalue weighted by molar-refractivity contribution is 7.46. The van der Waals surface area contributed by atoms with Crippen LogP contribution in [-0.4, -0.2) is 64.4 Å². The second kappa shape index (κ2) is 5.76. The Kier molecular flexibility index (Phi) is 4.06. The van der Waals surface area contributed by atoms with Crippen molar-refractivity contribution in [3.05, 3.63) is 12.7 Å². The number of aliphatic hydroxyl groups excluding tert-OH is 2. The Hall–Kier alpha value is -1.66. The van der Waals surface area contributed by atoms with Crippen molar-refractivity contribution < 1.29 is 33.8 Å². The number of imidazole rings is 1. The Morgan fingerprint density at radius 2 is 2.13 bits per heavy atom. The van der Waals surface area contributed by atoms with Crippen LogP contribution in [0.15, 0.2) is 12.7 Å². The quantitative estimate of drug-likeness (QED) is 0.390. The van der Waals surface area contributed by atoms with Gasteiger partial charge in [0, 0.05) is 0 Å². The number of nitrogens with two attached hydrogens (primary N) is 1. The molecule has 6 N–H and O–H groups in total. The number of phosphoric ester groups is 1. The Balaban J connectivity index is 1.96. The molecule has 1 aliphatic rings. The predicted molar refractivity (Wildman–Crippen MR) is 73.7 cm³/mol. The minimum atomic E-state index is -4.88. The van der Waals surface area contributed by atoms with Gasteiger partial charge in [-0.1, -0.05) is 0 Å². The highest BCUT2D eigenvalue weighted by Crippen LogP contribution is 2.44. The fourth-order valence-corrected chi connectivity index (χ4v) is 3.02. The summed E-state index contributed by atoms with van der Waals surface area (Å²) in [7, 11) is -4.88. The number of phosphoric acid groups is 1. The first-order valence-electron chi connectivity index (χ1n) is 6.43. The van der Waals surface area contributed by atoms with Crippen molar-refractivity contribution in [3.8, 4) is 0 Å². The summed E-state index contributed by atoms with van der Waals surface area (Å²) in [6, 6.07) is 0. The number of aliphatic hydroxyl groups is 2. The van der Waals surface area contributed by atoms with Crippen LogP contribution in [0.3, 0.4) is 0 Å². The van der Waals surface area contributed by atoms with E-state index >= 15 is 0 Å². The van der Waals surface area contributed by atoms with Crippen molar-refractivity contribution in [1.82, 2.24) is 19.5 Å². The second-order valence-electron chi connectivity index (χ2n) is 4.88. The van der Waals surface area contributed by atoms with E-state index in [0.29, 0.717) is 0 Å². The molecule has 23 heavy (non-hydrogen) atoms. The smallest absolute Gasteiger partial charge is 0.394 e. The van der Waals surface area contributed by atoms with E-state index in [1.165, 1.54) is 17.2 Å². The van der Waals surface area contributed by atoms with Crippen LogP contribution >= 0.6 is 7.82 Å². The maximum absolute atomic E-state index is 11.0. The van der Waals surface area contributed by atoms with Crippen molar-refractivity contribution in [2.24, 2.45) is 0 Å². The van der Waals surface area contributed by atoms with Crippen molar-refractivity contribution in [2.45, 2.75) is 24.5 Å². The monoisotopic (exact) mass is 347 g/mol. The molecule has 2 aromatic rings. The summed E-state index contributed by atoms with van der Waals surface area (Å²) in [5, 5.41) is 19.6. The van der Waals surface area contributed by atoms with Crippen molar-refractivity contribution in [2.75, 3.05) is 12.3 Å². The number of ether oxygens (including phenoxy) is 1. The Morgan fingerprint density at radius 3 is 2.78 bits per heavy atom. The summed E-state index contributed by atoms with van der Waals surface area (Å²) in [6.45, 7) is -0.609. The molecule has 3 rings (SSSR count). The van der Waals surface area contributed by atoms with Gasteiger partial charge < -0.3 is 30.5 Å². The molecule has 1 aliphatic heterocycles. The van der Waals surface area contributed by atoms with E-state index in [9.17, 15) is 14.8 Å². The van der Waals surface area contributed by atoms with Gasteiger partial charge in [-0.05, 0) is 0 Å². The van der Waals surface area contributed by atoms with Crippen LogP contribution in [0, 0.1) is 0 Å². The fourth-order valence-electron chi connectivity index (χ4n) is 2.44. The zero-order chi connectivity index (χ0) is 16.8. The lowest BCUT2D eigenvalue weighted by molar-refractivity contribution is -0.0509. The highest BCUT2D eigenvalue weighted by Gasteiger charge is 2.48. The number of nitrogens with zero attached hydrogens (tertiary/aromatic N) is 4. The summed E-state index contributed by atoms with van der Waals surface area (Å²) in [5.74, 6) is 0.128. The van der Waals surface area contributed by atoms with Gasteiger partial charge in [0.1, 0.15) is 30.2 Å². The van der Waals surface area contributed by atoms with Crippen LogP contribution in [-0.2, 0) is 13.8 Å². The van der Waals surface area contributed by atoms with Gasteiger partial charge in [-0.25, -0.2) is 19.5 Å². The molecule has 126 valence electrons. The number of anilines is 1. The number of hydrogen-bond acceptors (Lipinski definition) is 9. The minimum absolute atomic E-state index is 0.128. The number of fused-ring (bicyclic) bond motifs is 1. The summed E-state index contributed by atoms with van der Waals surface area (Å²) in [4.78, 5) is 29.6. The van der Waals surface area contributed by atoms with Gasteiger partial charge in [-0.2, -0.15) is 0 Å². The number of hydrogen-bond donors (Lipinski definition) is 5. The molecule has 13 heteroatoms. The first-order valence-corrected chi connectivity index (χ1v) is 7.96. The Bertz CT molecular complexity index is 763. The molecule has 3 heterocycles.